The summed E-state index contributed by atoms with van der Waals surface area (Å²) < 4.78 is 27.1. The van der Waals surface area contributed by atoms with Gasteiger partial charge in [-0.25, -0.2) is 8.42 Å². The second kappa shape index (κ2) is 6.55. The van der Waals surface area contributed by atoms with Crippen LogP contribution in [0.25, 0.3) is 11.1 Å². The maximum atomic E-state index is 12.8. The van der Waals surface area contributed by atoms with Gasteiger partial charge < -0.3 is 5.73 Å². The minimum absolute atomic E-state index is 0.164. The zero-order chi connectivity index (χ0) is 18.1. The first kappa shape index (κ1) is 16.8. The summed E-state index contributed by atoms with van der Waals surface area (Å²) >= 11 is 0. The molecular weight excluding hydrogens is 346 g/mol. The van der Waals surface area contributed by atoms with Gasteiger partial charge in [-0.15, -0.1) is 0 Å². The van der Waals surface area contributed by atoms with E-state index in [-0.39, 0.29) is 5.92 Å². The molecule has 2 N–H and O–H groups in total. The Morgan fingerprint density at radius 1 is 0.923 bits per heavy atom. The molecule has 1 aromatic heterocycles. The van der Waals surface area contributed by atoms with Crippen LogP contribution in [0, 0.1) is 0 Å². The summed E-state index contributed by atoms with van der Waals surface area (Å²) in [5.41, 5.74) is 9.34. The fourth-order valence-corrected chi connectivity index (χ4v) is 4.66. The van der Waals surface area contributed by atoms with Crippen molar-refractivity contribution in [1.82, 2.24) is 9.29 Å². The third-order valence-corrected chi connectivity index (χ3v) is 6.51. The van der Waals surface area contributed by atoms with E-state index in [1.165, 1.54) is 4.31 Å². The first-order valence-corrected chi connectivity index (χ1v) is 9.85. The molecule has 2 heterocycles. The van der Waals surface area contributed by atoms with Crippen LogP contribution in [0.1, 0.15) is 11.6 Å². The van der Waals surface area contributed by atoms with Crippen LogP contribution in [-0.2, 0) is 10.0 Å². The largest absolute Gasteiger partial charge is 0.399 e. The highest BCUT2D eigenvalue weighted by Gasteiger charge is 2.37. The Hall–Kier alpha value is -2.70. The van der Waals surface area contributed by atoms with Gasteiger partial charge in [0.1, 0.15) is 0 Å². The fourth-order valence-electron chi connectivity index (χ4n) is 3.13. The van der Waals surface area contributed by atoms with Crippen molar-refractivity contribution in [3.8, 4) is 11.1 Å². The molecule has 1 aliphatic rings. The Balaban J connectivity index is 1.50. The Labute approximate surface area is 153 Å². The number of aromatic nitrogens is 1. The summed E-state index contributed by atoms with van der Waals surface area (Å²) in [4.78, 5) is 4.62. The minimum Gasteiger partial charge on any atom is -0.399 e. The molecule has 0 radical (unpaired) electrons. The van der Waals surface area contributed by atoms with Gasteiger partial charge in [-0.05, 0) is 47.5 Å². The first-order chi connectivity index (χ1) is 12.5. The number of nitrogens with two attached hydrogens (primary N) is 1. The number of nitrogens with zero attached hydrogens (tertiary/aromatic N) is 2. The molecule has 0 unspecified atom stereocenters. The second-order valence-corrected chi connectivity index (χ2v) is 8.36. The number of nitrogen functional groups attached to an aromatic ring is 1. The van der Waals surface area contributed by atoms with Crippen LogP contribution >= 0.6 is 0 Å². The van der Waals surface area contributed by atoms with Crippen molar-refractivity contribution in [3.05, 3.63) is 78.6 Å². The number of rotatable bonds is 4. The smallest absolute Gasteiger partial charge is 0.243 e. The molecule has 4 rings (SSSR count). The Bertz CT molecular complexity index is 1010. The van der Waals surface area contributed by atoms with Gasteiger partial charge in [0.2, 0.25) is 10.0 Å². The Kier molecular flexibility index (Phi) is 4.22. The summed E-state index contributed by atoms with van der Waals surface area (Å²) in [7, 11) is -3.47. The molecule has 0 bridgehead atoms. The molecule has 1 fully saturated rings. The van der Waals surface area contributed by atoms with Crippen molar-refractivity contribution in [2.45, 2.75) is 10.8 Å². The molecule has 1 aliphatic heterocycles. The zero-order valence-corrected chi connectivity index (χ0v) is 14.9. The second-order valence-electron chi connectivity index (χ2n) is 6.42. The van der Waals surface area contributed by atoms with E-state index in [4.69, 9.17) is 5.73 Å². The van der Waals surface area contributed by atoms with E-state index in [1.54, 1.807) is 18.3 Å². The summed E-state index contributed by atoms with van der Waals surface area (Å²) in [5, 5.41) is 0. The Morgan fingerprint density at radius 3 is 2.35 bits per heavy atom. The third kappa shape index (κ3) is 3.09. The predicted octanol–water partition coefficient (Wildman–Crippen LogP) is 3.12. The van der Waals surface area contributed by atoms with Gasteiger partial charge in [-0.1, -0.05) is 30.3 Å². The molecule has 132 valence electrons. The van der Waals surface area contributed by atoms with Crippen LogP contribution in [0.3, 0.4) is 0 Å². The van der Waals surface area contributed by atoms with Crippen molar-refractivity contribution in [1.29, 1.82) is 0 Å². The van der Waals surface area contributed by atoms with E-state index >= 15 is 0 Å². The zero-order valence-electron chi connectivity index (χ0n) is 14.1. The van der Waals surface area contributed by atoms with E-state index < -0.39 is 10.0 Å². The number of pyridine rings is 1. The van der Waals surface area contributed by atoms with Gasteiger partial charge in [-0.2, -0.15) is 4.31 Å². The van der Waals surface area contributed by atoms with Crippen LogP contribution in [0.4, 0.5) is 5.69 Å². The molecule has 26 heavy (non-hydrogen) atoms. The molecule has 6 heteroatoms. The average Bonchev–Trinajstić information content (AvgIpc) is 2.61. The van der Waals surface area contributed by atoms with Crippen molar-refractivity contribution in [2.75, 3.05) is 18.8 Å². The minimum atomic E-state index is -3.47. The summed E-state index contributed by atoms with van der Waals surface area (Å²) in [6.45, 7) is 0.937. The summed E-state index contributed by atoms with van der Waals surface area (Å²) in [5.74, 6) is 0.164. The number of sulfonamides is 1. The Morgan fingerprint density at radius 2 is 1.69 bits per heavy atom. The normalized spacial score (nSPS) is 15.5. The lowest BCUT2D eigenvalue weighted by atomic mass is 9.99. The highest BCUT2D eigenvalue weighted by Crippen LogP contribution is 2.31. The van der Waals surface area contributed by atoms with E-state index in [9.17, 15) is 8.42 Å². The van der Waals surface area contributed by atoms with Crippen molar-refractivity contribution >= 4 is 15.7 Å². The van der Waals surface area contributed by atoms with Crippen molar-refractivity contribution in [3.63, 3.8) is 0 Å². The number of hydrogen-bond donors (Lipinski definition) is 1. The molecular formula is C20H19N3O2S. The van der Waals surface area contributed by atoms with Crippen molar-refractivity contribution in [2.24, 2.45) is 0 Å². The van der Waals surface area contributed by atoms with Crippen LogP contribution in [0.5, 0.6) is 0 Å². The van der Waals surface area contributed by atoms with Gasteiger partial charge >= 0.3 is 0 Å². The van der Waals surface area contributed by atoms with Gasteiger partial charge in [0.05, 0.1) is 4.90 Å². The average molecular weight is 365 g/mol. The summed E-state index contributed by atoms with van der Waals surface area (Å²) in [6.07, 6.45) is 1.74. The van der Waals surface area contributed by atoms with Crippen LogP contribution in [-0.4, -0.2) is 30.8 Å². The third-order valence-electron chi connectivity index (χ3n) is 4.67. The SMILES string of the molecule is Nc1cccc(-c2ccc(S(=O)(=O)N3CC(c4ccccn4)C3)cc2)c1. The lowest BCUT2D eigenvalue weighted by molar-refractivity contribution is 0.260. The van der Waals surface area contributed by atoms with Crippen LogP contribution in [0.2, 0.25) is 0 Å². The lowest BCUT2D eigenvalue weighted by Gasteiger charge is -2.37. The van der Waals surface area contributed by atoms with E-state index in [2.05, 4.69) is 4.98 Å². The molecule has 5 nitrogen and oxygen atoms in total. The molecule has 1 saturated heterocycles. The van der Waals surface area contributed by atoms with Gasteiger partial charge in [0, 0.05) is 36.6 Å². The van der Waals surface area contributed by atoms with E-state index in [1.807, 2.05) is 54.6 Å². The molecule has 3 aromatic rings. The summed E-state index contributed by atoms with van der Waals surface area (Å²) in [6, 6.07) is 20.2. The van der Waals surface area contributed by atoms with Crippen LogP contribution < -0.4 is 5.73 Å². The highest BCUT2D eigenvalue weighted by molar-refractivity contribution is 7.89. The number of benzene rings is 2. The fraction of sp³-hybridized carbons (Fsp3) is 0.150. The molecule has 0 aliphatic carbocycles. The monoisotopic (exact) mass is 365 g/mol. The highest BCUT2D eigenvalue weighted by atomic mass is 32.2. The molecule has 0 atom stereocenters. The van der Waals surface area contributed by atoms with Gasteiger partial charge in [0.25, 0.3) is 0 Å². The predicted molar refractivity (Wildman–Crippen MR) is 102 cm³/mol. The lowest BCUT2D eigenvalue weighted by Crippen LogP contribution is -2.48. The number of anilines is 1. The van der Waals surface area contributed by atoms with Gasteiger partial charge in [-0.3, -0.25) is 4.98 Å². The standard InChI is InChI=1S/C20H19N3O2S/c21-18-5-3-4-16(12-18)15-7-9-19(10-8-15)26(24,25)23-13-17(14-23)20-6-1-2-11-22-20/h1-12,17H,13-14,21H2. The molecule has 0 saturated carbocycles. The van der Waals surface area contributed by atoms with Gasteiger partial charge in [0.15, 0.2) is 0 Å². The first-order valence-electron chi connectivity index (χ1n) is 8.41. The molecule has 0 spiro atoms. The van der Waals surface area contributed by atoms with E-state index in [0.29, 0.717) is 23.7 Å². The van der Waals surface area contributed by atoms with E-state index in [0.717, 1.165) is 16.8 Å². The topological polar surface area (TPSA) is 76.3 Å². The van der Waals surface area contributed by atoms with Crippen LogP contribution in [0.15, 0.2) is 77.8 Å². The quantitative estimate of drug-likeness (QED) is 0.721. The van der Waals surface area contributed by atoms with Crippen molar-refractivity contribution < 1.29 is 8.42 Å². The maximum absolute atomic E-state index is 12.8. The molecule has 2 aromatic carbocycles. The number of hydrogen-bond acceptors (Lipinski definition) is 4. The molecule has 0 amide bonds. The maximum Gasteiger partial charge on any atom is 0.243 e.